The van der Waals surface area contributed by atoms with E-state index in [4.69, 9.17) is 14.2 Å². The van der Waals surface area contributed by atoms with Crippen molar-refractivity contribution in [2.75, 3.05) is 27.4 Å². The van der Waals surface area contributed by atoms with E-state index in [1.807, 2.05) is 44.2 Å². The molecule has 0 bridgehead atoms. The van der Waals surface area contributed by atoms with Crippen LogP contribution in [-0.2, 0) is 4.79 Å². The zero-order valence-corrected chi connectivity index (χ0v) is 15.9. The van der Waals surface area contributed by atoms with Gasteiger partial charge in [0, 0.05) is 12.1 Å². The summed E-state index contributed by atoms with van der Waals surface area (Å²) in [6, 6.07) is 15.1. The van der Waals surface area contributed by atoms with Gasteiger partial charge in [0.25, 0.3) is 5.91 Å². The average Bonchev–Trinajstić information content (AvgIpc) is 2.68. The van der Waals surface area contributed by atoms with Gasteiger partial charge in [-0.3, -0.25) is 4.79 Å². The molecule has 0 heterocycles. The summed E-state index contributed by atoms with van der Waals surface area (Å²) in [7, 11) is 3.12. The second kappa shape index (κ2) is 11.6. The first-order valence-corrected chi connectivity index (χ1v) is 8.44. The summed E-state index contributed by atoms with van der Waals surface area (Å²) in [5.74, 6) is 1.97. The Kier molecular flexibility index (Phi) is 9.39. The third-order valence-electron chi connectivity index (χ3n) is 3.40. The Morgan fingerprint density at radius 2 is 1.65 bits per heavy atom. The van der Waals surface area contributed by atoms with Crippen LogP contribution in [0.1, 0.15) is 19.4 Å². The Balaban J connectivity index is 0.000000314. The van der Waals surface area contributed by atoms with Crippen LogP contribution in [-0.4, -0.2) is 33.3 Å². The average molecular weight is 357 g/mol. The van der Waals surface area contributed by atoms with Gasteiger partial charge in [-0.25, -0.2) is 0 Å². The number of hydrogen-bond donors (Lipinski definition) is 1. The molecule has 0 saturated carbocycles. The summed E-state index contributed by atoms with van der Waals surface area (Å²) in [5, 5.41) is 2.70. The molecule has 2 aromatic carbocycles. The van der Waals surface area contributed by atoms with Gasteiger partial charge in [-0.15, -0.1) is 0 Å². The van der Waals surface area contributed by atoms with Gasteiger partial charge in [-0.1, -0.05) is 30.8 Å². The Labute approximate surface area is 155 Å². The van der Waals surface area contributed by atoms with Crippen LogP contribution >= 0.6 is 0 Å². The van der Waals surface area contributed by atoms with Crippen molar-refractivity contribution in [2.45, 2.75) is 13.8 Å². The lowest BCUT2D eigenvalue weighted by Crippen LogP contribution is -2.23. The summed E-state index contributed by atoms with van der Waals surface area (Å²) < 4.78 is 15.5. The normalized spacial score (nSPS) is 9.38. The number of likely N-dealkylation sites (N-methyl/N-ethyl adjacent to an activating group) is 1. The van der Waals surface area contributed by atoms with Crippen molar-refractivity contribution >= 4 is 11.5 Å². The predicted octanol–water partition coefficient (Wildman–Crippen LogP) is 3.94. The number of para-hydroxylation sites is 1. The number of nitrogens with one attached hydrogen (secondary N) is 1. The molecule has 0 radical (unpaired) electrons. The lowest BCUT2D eigenvalue weighted by molar-refractivity contribution is -0.115. The molecule has 0 spiro atoms. The van der Waals surface area contributed by atoms with Gasteiger partial charge in [-0.05, 0) is 43.7 Å². The van der Waals surface area contributed by atoms with Crippen molar-refractivity contribution in [3.05, 3.63) is 60.7 Å². The highest BCUT2D eigenvalue weighted by atomic mass is 16.5. The fourth-order valence-corrected chi connectivity index (χ4v) is 2.11. The van der Waals surface area contributed by atoms with E-state index in [-0.39, 0.29) is 5.91 Å². The van der Waals surface area contributed by atoms with Crippen molar-refractivity contribution in [3.63, 3.8) is 0 Å². The molecule has 0 aliphatic heterocycles. The maximum Gasteiger partial charge on any atom is 0.251 e. The number of carbonyl (C=O) groups excluding carboxylic acids is 1. The molecule has 0 unspecified atom stereocenters. The van der Waals surface area contributed by atoms with Crippen molar-refractivity contribution in [2.24, 2.45) is 0 Å². The highest BCUT2D eigenvalue weighted by Gasteiger charge is 2.11. The summed E-state index contributed by atoms with van der Waals surface area (Å²) in [6.07, 6.45) is 0. The maximum atomic E-state index is 11.6. The molecule has 0 saturated heterocycles. The third kappa shape index (κ3) is 6.51. The van der Waals surface area contributed by atoms with Crippen molar-refractivity contribution in [1.82, 2.24) is 5.32 Å². The van der Waals surface area contributed by atoms with Crippen LogP contribution in [0.15, 0.2) is 55.1 Å². The van der Waals surface area contributed by atoms with Gasteiger partial charge in [-0.2, -0.15) is 0 Å². The summed E-state index contributed by atoms with van der Waals surface area (Å²) in [5.41, 5.74) is 1.13. The molecule has 0 atom stereocenters. The monoisotopic (exact) mass is 357 g/mol. The van der Waals surface area contributed by atoms with Gasteiger partial charge < -0.3 is 19.5 Å². The zero-order chi connectivity index (χ0) is 19.4. The van der Waals surface area contributed by atoms with Crippen LogP contribution < -0.4 is 19.5 Å². The molecule has 1 N–H and O–H groups in total. The molecule has 5 heteroatoms. The minimum atomic E-state index is -0.181. The molecule has 26 heavy (non-hydrogen) atoms. The fraction of sp³-hybridized carbons (Fsp3) is 0.286. The zero-order valence-electron chi connectivity index (χ0n) is 15.9. The molecule has 0 aliphatic carbocycles. The SMILES string of the molecule is C=C(C(=O)NCC)c1ccc(OC)c(OC)c1.CCOc1ccccc1. The van der Waals surface area contributed by atoms with Crippen LogP contribution in [0.3, 0.4) is 0 Å². The van der Waals surface area contributed by atoms with E-state index in [2.05, 4.69) is 11.9 Å². The van der Waals surface area contributed by atoms with Crippen LogP contribution in [0, 0.1) is 0 Å². The van der Waals surface area contributed by atoms with E-state index in [1.54, 1.807) is 32.4 Å². The molecule has 0 aromatic heterocycles. The lowest BCUT2D eigenvalue weighted by atomic mass is 10.1. The molecule has 2 rings (SSSR count). The van der Waals surface area contributed by atoms with Crippen LogP contribution in [0.2, 0.25) is 0 Å². The molecule has 140 valence electrons. The first kappa shape index (κ1) is 21.1. The minimum absolute atomic E-state index is 0.181. The molecule has 1 amide bonds. The minimum Gasteiger partial charge on any atom is -0.494 e. The second-order valence-electron chi connectivity index (χ2n) is 5.15. The smallest absolute Gasteiger partial charge is 0.251 e. The number of hydrogen-bond acceptors (Lipinski definition) is 4. The molecule has 2 aromatic rings. The number of methoxy groups -OCH3 is 2. The lowest BCUT2D eigenvalue weighted by Gasteiger charge is -2.11. The highest BCUT2D eigenvalue weighted by molar-refractivity contribution is 6.18. The first-order valence-electron chi connectivity index (χ1n) is 8.44. The molecule has 0 aliphatic rings. The Morgan fingerprint density at radius 1 is 1.00 bits per heavy atom. The summed E-state index contributed by atoms with van der Waals surface area (Å²) >= 11 is 0. The number of amides is 1. The van der Waals surface area contributed by atoms with Crippen LogP contribution in [0.4, 0.5) is 0 Å². The third-order valence-corrected chi connectivity index (χ3v) is 3.40. The fourth-order valence-electron chi connectivity index (χ4n) is 2.11. The quantitative estimate of drug-likeness (QED) is 0.763. The van der Waals surface area contributed by atoms with Crippen molar-refractivity contribution in [3.8, 4) is 17.2 Å². The van der Waals surface area contributed by atoms with E-state index in [1.165, 1.54) is 0 Å². The van der Waals surface area contributed by atoms with E-state index in [9.17, 15) is 4.79 Å². The Hall–Kier alpha value is -2.95. The maximum absolute atomic E-state index is 11.6. The molecular formula is C21H27NO4. The second-order valence-corrected chi connectivity index (χ2v) is 5.15. The topological polar surface area (TPSA) is 56.8 Å². The predicted molar refractivity (Wildman–Crippen MR) is 105 cm³/mol. The number of carbonyl (C=O) groups is 1. The van der Waals surface area contributed by atoms with Gasteiger partial charge in [0.05, 0.1) is 20.8 Å². The number of benzene rings is 2. The van der Waals surface area contributed by atoms with Gasteiger partial charge >= 0.3 is 0 Å². The largest absolute Gasteiger partial charge is 0.494 e. The Bertz CT molecular complexity index is 698. The van der Waals surface area contributed by atoms with Gasteiger partial charge in [0.15, 0.2) is 11.5 Å². The molecule has 0 fully saturated rings. The van der Waals surface area contributed by atoms with E-state index in [0.29, 0.717) is 29.2 Å². The van der Waals surface area contributed by atoms with Crippen molar-refractivity contribution in [1.29, 1.82) is 0 Å². The molecule has 5 nitrogen and oxygen atoms in total. The summed E-state index contributed by atoms with van der Waals surface area (Å²) in [6.45, 7) is 8.92. The Morgan fingerprint density at radius 3 is 2.19 bits per heavy atom. The van der Waals surface area contributed by atoms with Gasteiger partial charge in [0.1, 0.15) is 5.75 Å². The number of rotatable bonds is 7. The highest BCUT2D eigenvalue weighted by Crippen LogP contribution is 2.29. The standard InChI is InChI=1S/C13H17NO3.C8H10O/c1-5-14-13(15)9(2)10-6-7-11(16-3)12(8-10)17-4;1-2-9-8-6-4-3-5-7-8/h6-8H,2,5H2,1,3-4H3,(H,14,15);3-7H,2H2,1H3. The first-order chi connectivity index (χ1) is 12.6. The van der Waals surface area contributed by atoms with Crippen LogP contribution in [0.25, 0.3) is 5.57 Å². The number of ether oxygens (including phenoxy) is 3. The van der Waals surface area contributed by atoms with Crippen LogP contribution in [0.5, 0.6) is 17.2 Å². The van der Waals surface area contributed by atoms with E-state index >= 15 is 0 Å². The summed E-state index contributed by atoms with van der Waals surface area (Å²) in [4.78, 5) is 11.6. The van der Waals surface area contributed by atoms with E-state index < -0.39 is 0 Å². The van der Waals surface area contributed by atoms with Crippen molar-refractivity contribution < 1.29 is 19.0 Å². The molecular weight excluding hydrogens is 330 g/mol. The van der Waals surface area contributed by atoms with E-state index in [0.717, 1.165) is 12.4 Å². The van der Waals surface area contributed by atoms with Gasteiger partial charge in [0.2, 0.25) is 0 Å².